The van der Waals surface area contributed by atoms with Gasteiger partial charge in [0.05, 0.1) is 31.1 Å². The van der Waals surface area contributed by atoms with E-state index >= 15 is 0 Å². The minimum Gasteiger partial charge on any atom is -0.496 e. The van der Waals surface area contributed by atoms with Crippen molar-refractivity contribution in [3.05, 3.63) is 66.4 Å². The van der Waals surface area contributed by atoms with Crippen LogP contribution in [0.25, 0.3) is 16.9 Å². The van der Waals surface area contributed by atoms with Crippen molar-refractivity contribution in [1.29, 1.82) is 0 Å². The minimum absolute atomic E-state index is 0.0246. The molecule has 2 heterocycles. The summed E-state index contributed by atoms with van der Waals surface area (Å²) in [6, 6.07) is 17.4. The molecule has 3 aromatic rings. The summed E-state index contributed by atoms with van der Waals surface area (Å²) in [4.78, 5) is 15.2. The van der Waals surface area contributed by atoms with Crippen molar-refractivity contribution in [2.24, 2.45) is 0 Å². The summed E-state index contributed by atoms with van der Waals surface area (Å²) >= 11 is 0. The molecule has 1 atom stereocenters. The molecule has 6 heteroatoms. The third-order valence-corrected chi connectivity index (χ3v) is 4.86. The van der Waals surface area contributed by atoms with Crippen LogP contribution in [0.1, 0.15) is 17.3 Å². The first-order chi connectivity index (χ1) is 13.7. The lowest BCUT2D eigenvalue weighted by atomic mass is 10.1. The van der Waals surface area contributed by atoms with Crippen LogP contribution in [0.3, 0.4) is 0 Å². The number of carbonyl (C=O) groups is 1. The highest BCUT2D eigenvalue weighted by Gasteiger charge is 2.28. The molecule has 1 amide bonds. The molecule has 0 radical (unpaired) electrons. The third kappa shape index (κ3) is 3.51. The van der Waals surface area contributed by atoms with Crippen molar-refractivity contribution in [1.82, 2.24) is 14.7 Å². The van der Waals surface area contributed by atoms with Gasteiger partial charge in [-0.3, -0.25) is 4.79 Å². The zero-order valence-corrected chi connectivity index (χ0v) is 16.0. The maximum absolute atomic E-state index is 13.4. The van der Waals surface area contributed by atoms with Gasteiger partial charge >= 0.3 is 0 Å². The van der Waals surface area contributed by atoms with E-state index in [0.717, 1.165) is 11.3 Å². The number of methoxy groups -OCH3 is 1. The van der Waals surface area contributed by atoms with Gasteiger partial charge in [0, 0.05) is 24.8 Å². The molecule has 0 aliphatic carbocycles. The summed E-state index contributed by atoms with van der Waals surface area (Å²) in [6.07, 6.45) is 1.83. The molecule has 4 rings (SSSR count). The van der Waals surface area contributed by atoms with E-state index in [1.54, 1.807) is 18.0 Å². The molecule has 6 nitrogen and oxygen atoms in total. The standard InChI is InChI=1S/C22H23N3O3/c1-16-14-24(12-13-28-16)22(26)19-15-25(17-8-4-3-5-9-17)23-21(19)18-10-6-7-11-20(18)27-2/h3-11,15-16H,12-14H2,1-2H3/t16-/m0/s1. The number of hydrogen-bond donors (Lipinski definition) is 0. The van der Waals surface area contributed by atoms with Gasteiger partial charge in [-0.05, 0) is 31.2 Å². The van der Waals surface area contributed by atoms with Crippen molar-refractivity contribution in [3.8, 4) is 22.7 Å². The zero-order chi connectivity index (χ0) is 19.5. The summed E-state index contributed by atoms with van der Waals surface area (Å²) in [7, 11) is 1.62. The first-order valence-corrected chi connectivity index (χ1v) is 9.36. The summed E-state index contributed by atoms with van der Waals surface area (Å²) in [5.41, 5.74) is 2.87. The number of hydrogen-bond acceptors (Lipinski definition) is 4. The van der Waals surface area contributed by atoms with Crippen molar-refractivity contribution in [2.45, 2.75) is 13.0 Å². The number of carbonyl (C=O) groups excluding carboxylic acids is 1. The Balaban J connectivity index is 1.81. The van der Waals surface area contributed by atoms with E-state index in [2.05, 4.69) is 0 Å². The summed E-state index contributed by atoms with van der Waals surface area (Å²) in [6.45, 7) is 3.67. The predicted molar refractivity (Wildman–Crippen MR) is 107 cm³/mol. The van der Waals surface area contributed by atoms with Gasteiger partial charge in [-0.25, -0.2) is 4.68 Å². The van der Waals surface area contributed by atoms with Crippen molar-refractivity contribution >= 4 is 5.91 Å². The number of benzene rings is 2. The molecule has 144 valence electrons. The second-order valence-corrected chi connectivity index (χ2v) is 6.80. The number of rotatable bonds is 4. The van der Waals surface area contributed by atoms with Crippen LogP contribution >= 0.6 is 0 Å². The van der Waals surface area contributed by atoms with E-state index in [0.29, 0.717) is 36.7 Å². The largest absolute Gasteiger partial charge is 0.496 e. The monoisotopic (exact) mass is 377 g/mol. The Morgan fingerprint density at radius 3 is 2.64 bits per heavy atom. The fourth-order valence-electron chi connectivity index (χ4n) is 3.46. The topological polar surface area (TPSA) is 56.6 Å². The fraction of sp³-hybridized carbons (Fsp3) is 0.273. The maximum Gasteiger partial charge on any atom is 0.257 e. The molecule has 0 saturated carbocycles. The number of amides is 1. The molecule has 0 unspecified atom stereocenters. The van der Waals surface area contributed by atoms with Gasteiger partial charge in [-0.1, -0.05) is 30.3 Å². The quantitative estimate of drug-likeness (QED) is 0.699. The molecule has 2 aromatic carbocycles. The first kappa shape index (κ1) is 18.3. The van der Waals surface area contributed by atoms with Gasteiger partial charge in [0.25, 0.3) is 5.91 Å². The van der Waals surface area contributed by atoms with Crippen molar-refractivity contribution in [2.75, 3.05) is 26.8 Å². The molecule has 0 N–H and O–H groups in total. The van der Waals surface area contributed by atoms with E-state index in [4.69, 9.17) is 14.6 Å². The Kier molecular flexibility index (Phi) is 5.12. The van der Waals surface area contributed by atoms with Crippen LogP contribution in [0.5, 0.6) is 5.75 Å². The number of aromatic nitrogens is 2. The molecule has 1 aromatic heterocycles. The smallest absolute Gasteiger partial charge is 0.257 e. The van der Waals surface area contributed by atoms with Gasteiger partial charge in [0.15, 0.2) is 0 Å². The van der Waals surface area contributed by atoms with Crippen LogP contribution in [0.2, 0.25) is 0 Å². The average molecular weight is 377 g/mol. The Labute approximate surface area is 164 Å². The van der Waals surface area contributed by atoms with Gasteiger partial charge in [0.2, 0.25) is 0 Å². The van der Waals surface area contributed by atoms with Crippen LogP contribution in [-0.4, -0.2) is 53.5 Å². The highest BCUT2D eigenvalue weighted by atomic mass is 16.5. The number of nitrogens with zero attached hydrogens (tertiary/aromatic N) is 3. The maximum atomic E-state index is 13.4. The minimum atomic E-state index is -0.0433. The van der Waals surface area contributed by atoms with Crippen LogP contribution in [0.4, 0.5) is 0 Å². The molecule has 0 spiro atoms. The molecular formula is C22H23N3O3. The molecule has 0 bridgehead atoms. The Bertz CT molecular complexity index is 968. The second kappa shape index (κ2) is 7.86. The Morgan fingerprint density at radius 2 is 1.89 bits per heavy atom. The highest BCUT2D eigenvalue weighted by Crippen LogP contribution is 2.32. The summed E-state index contributed by atoms with van der Waals surface area (Å²) in [5, 5.41) is 4.75. The van der Waals surface area contributed by atoms with Crippen LogP contribution in [-0.2, 0) is 4.74 Å². The molecule has 1 aliphatic rings. The molecule has 1 aliphatic heterocycles. The van der Waals surface area contributed by atoms with Gasteiger partial charge in [0.1, 0.15) is 11.4 Å². The van der Waals surface area contributed by atoms with Crippen LogP contribution in [0, 0.1) is 0 Å². The molecule has 28 heavy (non-hydrogen) atoms. The Hall–Kier alpha value is -3.12. The van der Waals surface area contributed by atoms with E-state index in [1.807, 2.05) is 66.4 Å². The van der Waals surface area contributed by atoms with Crippen LogP contribution in [0.15, 0.2) is 60.8 Å². The van der Waals surface area contributed by atoms with Crippen molar-refractivity contribution < 1.29 is 14.3 Å². The van der Waals surface area contributed by atoms with Gasteiger partial charge in [-0.2, -0.15) is 5.10 Å². The number of ether oxygens (including phenoxy) is 2. The lowest BCUT2D eigenvalue weighted by Gasteiger charge is -2.31. The van der Waals surface area contributed by atoms with E-state index < -0.39 is 0 Å². The second-order valence-electron chi connectivity index (χ2n) is 6.80. The third-order valence-electron chi connectivity index (χ3n) is 4.86. The average Bonchev–Trinajstić information content (AvgIpc) is 3.19. The van der Waals surface area contributed by atoms with Gasteiger partial charge < -0.3 is 14.4 Å². The van der Waals surface area contributed by atoms with Crippen molar-refractivity contribution in [3.63, 3.8) is 0 Å². The number of morpholine rings is 1. The predicted octanol–water partition coefficient (Wildman–Crippen LogP) is 3.41. The molecule has 1 saturated heterocycles. The first-order valence-electron chi connectivity index (χ1n) is 9.36. The SMILES string of the molecule is COc1ccccc1-c1nn(-c2ccccc2)cc1C(=O)N1CCO[C@@H](C)C1. The lowest BCUT2D eigenvalue weighted by molar-refractivity contribution is -0.0123. The summed E-state index contributed by atoms with van der Waals surface area (Å²) < 4.78 is 12.9. The lowest BCUT2D eigenvalue weighted by Crippen LogP contribution is -2.44. The Morgan fingerprint density at radius 1 is 1.14 bits per heavy atom. The zero-order valence-electron chi connectivity index (χ0n) is 16.0. The molecule has 1 fully saturated rings. The van der Waals surface area contributed by atoms with Gasteiger partial charge in [-0.15, -0.1) is 0 Å². The normalized spacial score (nSPS) is 16.8. The number of para-hydroxylation sites is 2. The van der Waals surface area contributed by atoms with E-state index in [9.17, 15) is 4.79 Å². The van der Waals surface area contributed by atoms with E-state index in [-0.39, 0.29) is 12.0 Å². The highest BCUT2D eigenvalue weighted by molar-refractivity contribution is 6.00. The fourth-order valence-corrected chi connectivity index (χ4v) is 3.46. The van der Waals surface area contributed by atoms with Crippen LogP contribution < -0.4 is 4.74 Å². The molecular weight excluding hydrogens is 354 g/mol. The summed E-state index contributed by atoms with van der Waals surface area (Å²) in [5.74, 6) is 0.642. The van der Waals surface area contributed by atoms with E-state index in [1.165, 1.54) is 0 Å².